The number of nitrogens with two attached hydrogens (primary N) is 2. The molecule has 1 heterocycles. The molecule has 1 aliphatic rings. The van der Waals surface area contributed by atoms with Crippen LogP contribution < -0.4 is 11.5 Å². The van der Waals surface area contributed by atoms with Gasteiger partial charge >= 0.3 is 0 Å². The first kappa shape index (κ1) is 13.5. The maximum atomic E-state index is 5.24. The fourth-order valence-corrected chi connectivity index (χ4v) is 1.33. The second-order valence-electron chi connectivity index (χ2n) is 3.11. The summed E-state index contributed by atoms with van der Waals surface area (Å²) in [7, 11) is 0. The number of nitrogens with zero attached hydrogens (tertiary/aromatic N) is 2. The lowest BCUT2D eigenvalue weighted by Crippen LogP contribution is -2.37. The van der Waals surface area contributed by atoms with E-state index in [9.17, 15) is 0 Å². The van der Waals surface area contributed by atoms with Gasteiger partial charge in [-0.1, -0.05) is 0 Å². The van der Waals surface area contributed by atoms with Gasteiger partial charge in [-0.05, 0) is 6.42 Å². The number of rotatable bonds is 4. The quantitative estimate of drug-likeness (QED) is 0.379. The van der Waals surface area contributed by atoms with E-state index in [2.05, 4.69) is 9.89 Å². The summed E-state index contributed by atoms with van der Waals surface area (Å²) in [6.07, 6.45) is 1.01. The lowest BCUT2D eigenvalue weighted by molar-refractivity contribution is 0.0377. The van der Waals surface area contributed by atoms with Gasteiger partial charge in [0.15, 0.2) is 5.96 Å². The van der Waals surface area contributed by atoms with Gasteiger partial charge in [0.1, 0.15) is 0 Å². The van der Waals surface area contributed by atoms with E-state index in [4.69, 9.17) is 16.2 Å². The smallest absolute Gasteiger partial charge is 0.185 e. The molecular weight excluding hydrogens is 204 g/mol. The molecule has 0 aromatic rings. The van der Waals surface area contributed by atoms with Gasteiger partial charge < -0.3 is 16.2 Å². The normalized spacial score (nSPS) is 17.1. The highest BCUT2D eigenvalue weighted by Crippen LogP contribution is 1.97. The summed E-state index contributed by atoms with van der Waals surface area (Å²) in [5.41, 5.74) is 10.4. The molecule has 0 spiro atoms. The Hall–Kier alpha value is -0.520. The Bertz CT molecular complexity index is 167. The van der Waals surface area contributed by atoms with Crippen molar-refractivity contribution in [2.45, 2.75) is 6.42 Å². The molecule has 6 heteroatoms. The van der Waals surface area contributed by atoms with Gasteiger partial charge in [-0.3, -0.25) is 9.89 Å². The third kappa shape index (κ3) is 6.01. The van der Waals surface area contributed by atoms with E-state index in [1.165, 1.54) is 0 Å². The van der Waals surface area contributed by atoms with E-state index >= 15 is 0 Å². The summed E-state index contributed by atoms with van der Waals surface area (Å²) >= 11 is 0. The van der Waals surface area contributed by atoms with Gasteiger partial charge in [-0.2, -0.15) is 0 Å². The van der Waals surface area contributed by atoms with Crippen LogP contribution in [0.1, 0.15) is 6.42 Å². The molecule has 0 aliphatic carbocycles. The first-order valence-electron chi connectivity index (χ1n) is 4.64. The zero-order chi connectivity index (χ0) is 9.52. The predicted molar refractivity (Wildman–Crippen MR) is 59.8 cm³/mol. The summed E-state index contributed by atoms with van der Waals surface area (Å²) in [6, 6.07) is 0. The van der Waals surface area contributed by atoms with E-state index in [1.807, 2.05) is 0 Å². The zero-order valence-corrected chi connectivity index (χ0v) is 9.13. The van der Waals surface area contributed by atoms with Crippen molar-refractivity contribution in [2.24, 2.45) is 16.5 Å². The fraction of sp³-hybridized carbons (Fsp3) is 0.875. The standard InChI is InChI=1S/C8H18N4O.ClH/c9-8(10)11-2-1-3-12-4-6-13-7-5-12;/h1-7H2,(H4,9,10,11);1H. The second kappa shape index (κ2) is 7.84. The number of hydrogen-bond donors (Lipinski definition) is 2. The van der Waals surface area contributed by atoms with Gasteiger partial charge in [0.05, 0.1) is 13.2 Å². The number of morpholine rings is 1. The molecule has 1 rings (SSSR count). The molecule has 0 atom stereocenters. The van der Waals surface area contributed by atoms with Crippen molar-refractivity contribution >= 4 is 18.4 Å². The number of aliphatic imine (C=N–C) groups is 1. The lowest BCUT2D eigenvalue weighted by atomic mass is 10.3. The van der Waals surface area contributed by atoms with Crippen molar-refractivity contribution < 1.29 is 4.74 Å². The van der Waals surface area contributed by atoms with Crippen LogP contribution in [0.25, 0.3) is 0 Å². The molecule has 0 aromatic carbocycles. The minimum atomic E-state index is 0. The molecule has 0 aromatic heterocycles. The van der Waals surface area contributed by atoms with E-state index in [-0.39, 0.29) is 18.4 Å². The minimum Gasteiger partial charge on any atom is -0.379 e. The van der Waals surface area contributed by atoms with Gasteiger partial charge in [0, 0.05) is 26.2 Å². The Balaban J connectivity index is 0.00000169. The fourth-order valence-electron chi connectivity index (χ4n) is 1.33. The maximum Gasteiger partial charge on any atom is 0.185 e. The molecule has 0 radical (unpaired) electrons. The van der Waals surface area contributed by atoms with Crippen LogP contribution in [0.5, 0.6) is 0 Å². The van der Waals surface area contributed by atoms with Crippen LogP contribution in [0, 0.1) is 0 Å². The summed E-state index contributed by atoms with van der Waals surface area (Å²) in [6.45, 7) is 5.54. The highest BCUT2D eigenvalue weighted by Gasteiger charge is 2.08. The Morgan fingerprint density at radius 3 is 2.50 bits per heavy atom. The summed E-state index contributed by atoms with van der Waals surface area (Å²) in [5, 5.41) is 0. The van der Waals surface area contributed by atoms with Crippen molar-refractivity contribution in [1.82, 2.24) is 4.90 Å². The topological polar surface area (TPSA) is 76.9 Å². The minimum absolute atomic E-state index is 0. The van der Waals surface area contributed by atoms with Crippen LogP contribution in [-0.2, 0) is 4.74 Å². The van der Waals surface area contributed by atoms with Crippen molar-refractivity contribution in [1.29, 1.82) is 0 Å². The average molecular weight is 223 g/mol. The highest BCUT2D eigenvalue weighted by atomic mass is 35.5. The van der Waals surface area contributed by atoms with Crippen LogP contribution in [-0.4, -0.2) is 50.3 Å². The van der Waals surface area contributed by atoms with Gasteiger partial charge in [0.2, 0.25) is 0 Å². The third-order valence-corrected chi connectivity index (χ3v) is 2.03. The first-order chi connectivity index (χ1) is 6.29. The summed E-state index contributed by atoms with van der Waals surface area (Å²) < 4.78 is 5.24. The molecule has 14 heavy (non-hydrogen) atoms. The molecule has 1 saturated heterocycles. The Kier molecular flexibility index (Phi) is 7.55. The second-order valence-corrected chi connectivity index (χ2v) is 3.11. The third-order valence-electron chi connectivity index (χ3n) is 2.03. The molecule has 1 aliphatic heterocycles. The Labute approximate surface area is 90.9 Å². The largest absolute Gasteiger partial charge is 0.379 e. The van der Waals surface area contributed by atoms with Gasteiger partial charge in [-0.25, -0.2) is 0 Å². The highest BCUT2D eigenvalue weighted by molar-refractivity contribution is 5.85. The van der Waals surface area contributed by atoms with Crippen molar-refractivity contribution in [3.63, 3.8) is 0 Å². The number of halogens is 1. The number of ether oxygens (including phenoxy) is 1. The Morgan fingerprint density at radius 2 is 1.93 bits per heavy atom. The van der Waals surface area contributed by atoms with Gasteiger partial charge in [0.25, 0.3) is 0 Å². The van der Waals surface area contributed by atoms with Crippen molar-refractivity contribution in [3.8, 4) is 0 Å². The lowest BCUT2D eigenvalue weighted by Gasteiger charge is -2.26. The number of guanidine groups is 1. The van der Waals surface area contributed by atoms with Crippen LogP contribution >= 0.6 is 12.4 Å². The van der Waals surface area contributed by atoms with E-state index in [1.54, 1.807) is 0 Å². The van der Waals surface area contributed by atoms with Crippen molar-refractivity contribution in [3.05, 3.63) is 0 Å². The van der Waals surface area contributed by atoms with E-state index in [0.29, 0.717) is 0 Å². The molecule has 84 valence electrons. The maximum absolute atomic E-state index is 5.24. The molecule has 4 N–H and O–H groups in total. The summed E-state index contributed by atoms with van der Waals surface area (Å²) in [4.78, 5) is 6.29. The Morgan fingerprint density at radius 1 is 1.29 bits per heavy atom. The molecule has 0 amide bonds. The molecular formula is C8H19ClN4O. The molecule has 5 nitrogen and oxygen atoms in total. The SMILES string of the molecule is Cl.NC(N)=NCCCN1CCOCC1. The van der Waals surface area contributed by atoms with E-state index < -0.39 is 0 Å². The van der Waals surface area contributed by atoms with Crippen LogP contribution in [0.2, 0.25) is 0 Å². The van der Waals surface area contributed by atoms with Crippen LogP contribution in [0.15, 0.2) is 4.99 Å². The summed E-state index contributed by atoms with van der Waals surface area (Å²) in [5.74, 6) is 0.182. The predicted octanol–water partition coefficient (Wildman–Crippen LogP) is -0.596. The molecule has 0 saturated carbocycles. The molecule has 1 fully saturated rings. The average Bonchev–Trinajstić information content (AvgIpc) is 2.14. The molecule has 0 bridgehead atoms. The molecule has 0 unspecified atom stereocenters. The first-order valence-corrected chi connectivity index (χ1v) is 4.64. The van der Waals surface area contributed by atoms with Gasteiger partial charge in [-0.15, -0.1) is 12.4 Å². The van der Waals surface area contributed by atoms with Crippen LogP contribution in [0.4, 0.5) is 0 Å². The number of hydrogen-bond acceptors (Lipinski definition) is 3. The monoisotopic (exact) mass is 222 g/mol. The van der Waals surface area contributed by atoms with Crippen LogP contribution in [0.3, 0.4) is 0 Å². The van der Waals surface area contributed by atoms with Crippen molar-refractivity contribution in [2.75, 3.05) is 39.4 Å². The van der Waals surface area contributed by atoms with E-state index in [0.717, 1.165) is 45.8 Å². The zero-order valence-electron chi connectivity index (χ0n) is 8.32.